The smallest absolute Gasteiger partial charge is 0.273 e. The average Bonchev–Trinajstić information content (AvgIpc) is 3.22. The number of aromatic nitrogens is 5. The number of carbonyl (C=O) groups is 1. The van der Waals surface area contributed by atoms with Crippen molar-refractivity contribution in [2.45, 2.75) is 26.0 Å². The number of benzene rings is 1. The lowest BCUT2D eigenvalue weighted by atomic mass is 9.95. The fourth-order valence-corrected chi connectivity index (χ4v) is 2.39. The molecule has 0 aliphatic carbocycles. The first-order valence-electron chi connectivity index (χ1n) is 7.90. The molecule has 2 N–H and O–H groups in total. The number of hydrogen-bond acceptors (Lipinski definition) is 7. The van der Waals surface area contributed by atoms with E-state index in [4.69, 9.17) is 4.52 Å². The Morgan fingerprint density at radius 1 is 1.41 bits per heavy atom. The fraction of sp³-hybridized carbons (Fsp3) is 0.312. The topological polar surface area (TPSA) is 119 Å². The summed E-state index contributed by atoms with van der Waals surface area (Å²) in [4.78, 5) is 16.2. The van der Waals surface area contributed by atoms with Crippen molar-refractivity contribution >= 4 is 5.91 Å². The molecule has 2 aromatic heterocycles. The highest BCUT2D eigenvalue weighted by molar-refractivity contribution is 5.91. The summed E-state index contributed by atoms with van der Waals surface area (Å²) in [7, 11) is 0. The van der Waals surface area contributed by atoms with Gasteiger partial charge in [-0.1, -0.05) is 16.4 Å². The van der Waals surface area contributed by atoms with Crippen molar-refractivity contribution in [2.24, 2.45) is 0 Å². The summed E-state index contributed by atoms with van der Waals surface area (Å²) in [6.45, 7) is 2.80. The predicted molar refractivity (Wildman–Crippen MR) is 86.4 cm³/mol. The van der Waals surface area contributed by atoms with E-state index in [2.05, 4.69) is 25.8 Å². The normalized spacial score (nSPS) is 13.4. The number of hydrogen-bond donors (Lipinski definition) is 2. The maximum atomic E-state index is 13.8. The van der Waals surface area contributed by atoms with E-state index in [1.165, 1.54) is 17.8 Å². The Hall–Kier alpha value is -3.21. The quantitative estimate of drug-likeness (QED) is 0.655. The highest BCUT2D eigenvalue weighted by Gasteiger charge is 2.28. The van der Waals surface area contributed by atoms with Crippen molar-refractivity contribution in [3.8, 4) is 0 Å². The molecule has 142 valence electrons. The Morgan fingerprint density at radius 3 is 2.85 bits per heavy atom. The number of carbonyl (C=O) groups excluding carboxylic acids is 1. The molecule has 0 aliphatic heterocycles. The van der Waals surface area contributed by atoms with E-state index in [9.17, 15) is 18.7 Å². The van der Waals surface area contributed by atoms with Crippen LogP contribution in [0.4, 0.5) is 8.78 Å². The van der Waals surface area contributed by atoms with Crippen LogP contribution < -0.4 is 5.32 Å². The fourth-order valence-electron chi connectivity index (χ4n) is 2.39. The highest BCUT2D eigenvalue weighted by atomic mass is 19.1. The second-order valence-corrected chi connectivity index (χ2v) is 6.11. The summed E-state index contributed by atoms with van der Waals surface area (Å²) >= 11 is 0. The Balaban J connectivity index is 1.63. The van der Waals surface area contributed by atoms with Gasteiger partial charge in [-0.3, -0.25) is 4.79 Å². The van der Waals surface area contributed by atoms with Gasteiger partial charge in [0.1, 0.15) is 23.8 Å². The summed E-state index contributed by atoms with van der Waals surface area (Å²) in [6, 6.07) is 2.82. The molecule has 0 spiro atoms. The molecule has 2 heterocycles. The third kappa shape index (κ3) is 4.31. The number of amides is 1. The summed E-state index contributed by atoms with van der Waals surface area (Å²) in [5.41, 5.74) is -1.89. The SMILES string of the molecule is Cc1nc(Cn2cc(C(=O)NCC(C)(O)c3ccc(F)cc3F)nn2)no1. The highest BCUT2D eigenvalue weighted by Crippen LogP contribution is 2.23. The van der Waals surface area contributed by atoms with E-state index in [1.54, 1.807) is 6.92 Å². The average molecular weight is 378 g/mol. The van der Waals surface area contributed by atoms with Crippen LogP contribution in [0, 0.1) is 18.6 Å². The lowest BCUT2D eigenvalue weighted by molar-refractivity contribution is 0.0493. The summed E-state index contributed by atoms with van der Waals surface area (Å²) in [5, 5.41) is 24.1. The minimum Gasteiger partial charge on any atom is -0.383 e. The van der Waals surface area contributed by atoms with Crippen molar-refractivity contribution < 1.29 is 23.2 Å². The van der Waals surface area contributed by atoms with Crippen LogP contribution in [-0.4, -0.2) is 42.7 Å². The van der Waals surface area contributed by atoms with E-state index in [1.807, 2.05) is 0 Å². The standard InChI is InChI=1S/C16H16F2N6O3/c1-9-20-14(22-27-9)7-24-6-13(21-23-24)15(25)19-8-16(2,26)11-4-3-10(17)5-12(11)18/h3-6,26H,7-8H2,1-2H3,(H,19,25). The molecule has 1 amide bonds. The minimum absolute atomic E-state index is 0.00871. The van der Waals surface area contributed by atoms with Crippen molar-refractivity contribution in [3.05, 3.63) is 59.0 Å². The molecule has 0 fully saturated rings. The van der Waals surface area contributed by atoms with Crippen LogP contribution in [0.3, 0.4) is 0 Å². The maximum Gasteiger partial charge on any atom is 0.273 e. The van der Waals surface area contributed by atoms with Crippen LogP contribution in [0.1, 0.15) is 34.7 Å². The van der Waals surface area contributed by atoms with Gasteiger partial charge in [-0.2, -0.15) is 4.98 Å². The van der Waals surface area contributed by atoms with Gasteiger partial charge in [0.15, 0.2) is 11.5 Å². The van der Waals surface area contributed by atoms with Crippen LogP contribution in [0.2, 0.25) is 0 Å². The zero-order valence-electron chi connectivity index (χ0n) is 14.5. The first-order chi connectivity index (χ1) is 12.7. The van der Waals surface area contributed by atoms with E-state index < -0.39 is 23.1 Å². The van der Waals surface area contributed by atoms with Crippen LogP contribution in [0.25, 0.3) is 0 Å². The second-order valence-electron chi connectivity index (χ2n) is 6.11. The predicted octanol–water partition coefficient (Wildman–Crippen LogP) is 0.934. The third-order valence-corrected chi connectivity index (χ3v) is 3.75. The number of halogens is 2. The molecule has 0 bridgehead atoms. The molecular weight excluding hydrogens is 362 g/mol. The van der Waals surface area contributed by atoms with Crippen molar-refractivity contribution in [1.29, 1.82) is 0 Å². The number of rotatable bonds is 6. The van der Waals surface area contributed by atoms with Crippen molar-refractivity contribution in [1.82, 2.24) is 30.5 Å². The zero-order chi connectivity index (χ0) is 19.6. The molecule has 1 atom stereocenters. The van der Waals surface area contributed by atoms with Crippen molar-refractivity contribution in [3.63, 3.8) is 0 Å². The first kappa shape index (κ1) is 18.6. The van der Waals surface area contributed by atoms with Gasteiger partial charge in [-0.15, -0.1) is 5.10 Å². The number of nitrogens with one attached hydrogen (secondary N) is 1. The molecule has 3 rings (SSSR count). The Kier molecular flexibility index (Phi) is 4.95. The van der Waals surface area contributed by atoms with E-state index in [-0.39, 0.29) is 24.3 Å². The van der Waals surface area contributed by atoms with E-state index in [0.29, 0.717) is 17.8 Å². The van der Waals surface area contributed by atoms with Gasteiger partial charge in [-0.05, 0) is 13.0 Å². The minimum atomic E-state index is -1.74. The van der Waals surface area contributed by atoms with Crippen molar-refractivity contribution in [2.75, 3.05) is 6.54 Å². The monoisotopic (exact) mass is 378 g/mol. The second kappa shape index (κ2) is 7.19. The Morgan fingerprint density at radius 2 is 2.19 bits per heavy atom. The van der Waals surface area contributed by atoms with Gasteiger partial charge in [0.2, 0.25) is 5.89 Å². The third-order valence-electron chi connectivity index (χ3n) is 3.75. The Bertz CT molecular complexity index is 969. The van der Waals surface area contributed by atoms with Gasteiger partial charge in [-0.25, -0.2) is 13.5 Å². The molecule has 1 unspecified atom stereocenters. The lowest BCUT2D eigenvalue weighted by Crippen LogP contribution is -2.39. The van der Waals surface area contributed by atoms with Crippen LogP contribution in [0.5, 0.6) is 0 Å². The summed E-state index contributed by atoms with van der Waals surface area (Å²) < 4.78 is 33.0. The summed E-state index contributed by atoms with van der Waals surface area (Å²) in [6.07, 6.45) is 1.37. The molecule has 0 aliphatic rings. The van der Waals surface area contributed by atoms with Crippen LogP contribution in [-0.2, 0) is 12.1 Å². The zero-order valence-corrected chi connectivity index (χ0v) is 14.5. The largest absolute Gasteiger partial charge is 0.383 e. The molecule has 3 aromatic rings. The van der Waals surface area contributed by atoms with Gasteiger partial charge < -0.3 is 14.9 Å². The molecule has 1 aromatic carbocycles. The lowest BCUT2D eigenvalue weighted by Gasteiger charge is -2.24. The molecule has 0 saturated heterocycles. The van der Waals surface area contributed by atoms with Gasteiger partial charge in [0, 0.05) is 18.6 Å². The first-order valence-corrected chi connectivity index (χ1v) is 7.90. The molecule has 11 heteroatoms. The van der Waals surface area contributed by atoms with Gasteiger partial charge >= 0.3 is 0 Å². The van der Waals surface area contributed by atoms with Gasteiger partial charge in [0.25, 0.3) is 5.91 Å². The van der Waals surface area contributed by atoms with E-state index in [0.717, 1.165) is 12.1 Å². The maximum absolute atomic E-state index is 13.8. The molecular formula is C16H16F2N6O3. The van der Waals surface area contributed by atoms with Gasteiger partial charge in [0.05, 0.1) is 12.7 Å². The van der Waals surface area contributed by atoms with Crippen LogP contribution in [0.15, 0.2) is 28.9 Å². The van der Waals surface area contributed by atoms with Crippen LogP contribution >= 0.6 is 0 Å². The number of aryl methyl sites for hydroxylation is 1. The molecule has 27 heavy (non-hydrogen) atoms. The molecule has 9 nitrogen and oxygen atoms in total. The number of aliphatic hydroxyl groups is 1. The molecule has 0 radical (unpaired) electrons. The molecule has 0 saturated carbocycles. The summed E-state index contributed by atoms with van der Waals surface area (Å²) in [5.74, 6) is -1.51. The number of nitrogens with zero attached hydrogens (tertiary/aromatic N) is 5. The van der Waals surface area contributed by atoms with E-state index >= 15 is 0 Å². The Labute approximate surface area is 152 Å².